The van der Waals surface area contributed by atoms with Gasteiger partial charge in [0.25, 0.3) is 0 Å². The SMILES string of the molecule is COc1cc(C(=O)Cc2ccccc2)c(Cl)cc1Cl. The highest BCUT2D eigenvalue weighted by Crippen LogP contribution is 2.31. The van der Waals surface area contributed by atoms with E-state index in [-0.39, 0.29) is 5.78 Å². The van der Waals surface area contributed by atoms with E-state index in [4.69, 9.17) is 27.9 Å². The molecule has 0 fully saturated rings. The van der Waals surface area contributed by atoms with Gasteiger partial charge in [0.05, 0.1) is 17.2 Å². The molecule has 0 bridgehead atoms. The van der Waals surface area contributed by atoms with Gasteiger partial charge in [0.15, 0.2) is 5.78 Å². The maximum atomic E-state index is 12.2. The monoisotopic (exact) mass is 294 g/mol. The van der Waals surface area contributed by atoms with E-state index >= 15 is 0 Å². The zero-order valence-corrected chi connectivity index (χ0v) is 11.8. The molecule has 0 N–H and O–H groups in total. The number of carbonyl (C=O) groups is 1. The largest absolute Gasteiger partial charge is 0.495 e. The average Bonchev–Trinajstić information content (AvgIpc) is 2.40. The minimum Gasteiger partial charge on any atom is -0.495 e. The number of hydrogen-bond donors (Lipinski definition) is 0. The van der Waals surface area contributed by atoms with Gasteiger partial charge in [0.1, 0.15) is 5.75 Å². The summed E-state index contributed by atoms with van der Waals surface area (Å²) in [6, 6.07) is 12.6. The van der Waals surface area contributed by atoms with Crippen molar-refractivity contribution in [1.29, 1.82) is 0 Å². The van der Waals surface area contributed by atoms with Crippen molar-refractivity contribution in [2.24, 2.45) is 0 Å². The van der Waals surface area contributed by atoms with Crippen molar-refractivity contribution < 1.29 is 9.53 Å². The molecule has 2 nitrogen and oxygen atoms in total. The summed E-state index contributed by atoms with van der Waals surface area (Å²) in [6.07, 6.45) is 0.297. The zero-order valence-electron chi connectivity index (χ0n) is 10.3. The van der Waals surface area contributed by atoms with Crippen LogP contribution in [0.15, 0.2) is 42.5 Å². The van der Waals surface area contributed by atoms with Gasteiger partial charge in [-0.1, -0.05) is 53.5 Å². The van der Waals surface area contributed by atoms with Crippen LogP contribution >= 0.6 is 23.2 Å². The lowest BCUT2D eigenvalue weighted by molar-refractivity contribution is 0.0993. The van der Waals surface area contributed by atoms with Crippen molar-refractivity contribution in [3.63, 3.8) is 0 Å². The lowest BCUT2D eigenvalue weighted by Crippen LogP contribution is -2.05. The van der Waals surface area contributed by atoms with Crippen LogP contribution in [0.3, 0.4) is 0 Å². The van der Waals surface area contributed by atoms with Crippen LogP contribution in [0.5, 0.6) is 5.75 Å². The van der Waals surface area contributed by atoms with Gasteiger partial charge in [0, 0.05) is 12.0 Å². The molecule has 0 aliphatic carbocycles. The predicted molar refractivity (Wildman–Crippen MR) is 77.5 cm³/mol. The van der Waals surface area contributed by atoms with E-state index in [9.17, 15) is 4.79 Å². The molecule has 0 heterocycles. The summed E-state index contributed by atoms with van der Waals surface area (Å²) in [7, 11) is 1.50. The maximum Gasteiger partial charge on any atom is 0.168 e. The van der Waals surface area contributed by atoms with Gasteiger partial charge in [-0.25, -0.2) is 0 Å². The van der Waals surface area contributed by atoms with E-state index in [1.165, 1.54) is 13.2 Å². The van der Waals surface area contributed by atoms with Crippen LogP contribution in [0.25, 0.3) is 0 Å². The predicted octanol–water partition coefficient (Wildman–Crippen LogP) is 4.43. The van der Waals surface area contributed by atoms with Crippen molar-refractivity contribution in [3.05, 3.63) is 63.6 Å². The summed E-state index contributed by atoms with van der Waals surface area (Å²) >= 11 is 12.0. The van der Waals surface area contributed by atoms with Crippen molar-refractivity contribution >= 4 is 29.0 Å². The van der Waals surface area contributed by atoms with E-state index in [1.807, 2.05) is 30.3 Å². The molecule has 2 aromatic carbocycles. The Balaban J connectivity index is 2.29. The summed E-state index contributed by atoms with van der Waals surface area (Å²) in [5.41, 5.74) is 1.37. The standard InChI is InChI=1S/C15H12Cl2O2/c1-19-15-8-11(12(16)9-13(15)17)14(18)7-10-5-3-2-4-6-10/h2-6,8-9H,7H2,1H3. The fraction of sp³-hybridized carbons (Fsp3) is 0.133. The van der Waals surface area contributed by atoms with Crippen molar-refractivity contribution in [3.8, 4) is 5.75 Å². The van der Waals surface area contributed by atoms with Gasteiger partial charge >= 0.3 is 0 Å². The molecule has 98 valence electrons. The smallest absolute Gasteiger partial charge is 0.168 e. The highest BCUT2D eigenvalue weighted by molar-refractivity contribution is 6.37. The Hall–Kier alpha value is -1.51. The molecule has 0 radical (unpaired) electrons. The third kappa shape index (κ3) is 3.28. The Bertz CT molecular complexity index is 595. The molecular formula is C15H12Cl2O2. The van der Waals surface area contributed by atoms with Gasteiger partial charge in [0.2, 0.25) is 0 Å². The lowest BCUT2D eigenvalue weighted by Gasteiger charge is -2.08. The molecule has 4 heteroatoms. The second-order valence-corrected chi connectivity index (χ2v) is 4.87. The number of benzene rings is 2. The molecule has 2 rings (SSSR count). The number of Topliss-reactive ketones (excluding diaryl/α,β-unsaturated/α-hetero) is 1. The Morgan fingerprint density at radius 3 is 2.42 bits per heavy atom. The molecule has 0 aliphatic rings. The fourth-order valence-electron chi connectivity index (χ4n) is 1.78. The quantitative estimate of drug-likeness (QED) is 0.780. The van der Waals surface area contributed by atoms with Crippen molar-refractivity contribution in [2.75, 3.05) is 7.11 Å². The van der Waals surface area contributed by atoms with E-state index in [1.54, 1.807) is 6.07 Å². The number of rotatable bonds is 4. The molecule has 0 atom stereocenters. The van der Waals surface area contributed by atoms with Crippen LogP contribution in [0, 0.1) is 0 Å². The molecule has 0 aromatic heterocycles. The van der Waals surface area contributed by atoms with E-state index in [2.05, 4.69) is 0 Å². The van der Waals surface area contributed by atoms with Gasteiger partial charge in [-0.2, -0.15) is 0 Å². The van der Waals surface area contributed by atoms with Crippen LogP contribution in [0.1, 0.15) is 15.9 Å². The first-order valence-corrected chi connectivity index (χ1v) is 6.47. The van der Waals surface area contributed by atoms with Crippen molar-refractivity contribution in [2.45, 2.75) is 6.42 Å². The number of ketones is 1. The van der Waals surface area contributed by atoms with E-state index in [0.29, 0.717) is 27.8 Å². The summed E-state index contributed by atoms with van der Waals surface area (Å²) in [6.45, 7) is 0. The van der Waals surface area contributed by atoms with Crippen LogP contribution in [-0.2, 0) is 6.42 Å². The number of ether oxygens (including phenoxy) is 1. The molecule has 0 saturated carbocycles. The second kappa shape index (κ2) is 6.09. The minimum absolute atomic E-state index is 0.0637. The van der Waals surface area contributed by atoms with Crippen molar-refractivity contribution in [1.82, 2.24) is 0 Å². The molecule has 19 heavy (non-hydrogen) atoms. The average molecular weight is 295 g/mol. The Kier molecular flexibility index (Phi) is 4.46. The number of hydrogen-bond acceptors (Lipinski definition) is 2. The first kappa shape index (κ1) is 13.9. The number of methoxy groups -OCH3 is 1. The molecule has 0 amide bonds. The van der Waals surface area contributed by atoms with Crippen LogP contribution in [0.4, 0.5) is 0 Å². The third-order valence-electron chi connectivity index (χ3n) is 2.75. The Morgan fingerprint density at radius 2 is 1.79 bits per heavy atom. The molecule has 2 aromatic rings. The normalized spacial score (nSPS) is 10.3. The first-order valence-electron chi connectivity index (χ1n) is 5.72. The summed E-state index contributed by atoms with van der Waals surface area (Å²) in [5.74, 6) is 0.383. The number of halogens is 2. The summed E-state index contributed by atoms with van der Waals surface area (Å²) < 4.78 is 5.10. The van der Waals surface area contributed by atoms with Gasteiger partial charge in [-0.15, -0.1) is 0 Å². The Morgan fingerprint density at radius 1 is 1.11 bits per heavy atom. The molecular weight excluding hydrogens is 283 g/mol. The van der Waals surface area contributed by atoms with Crippen LogP contribution in [0.2, 0.25) is 10.0 Å². The lowest BCUT2D eigenvalue weighted by atomic mass is 10.0. The highest BCUT2D eigenvalue weighted by Gasteiger charge is 2.14. The van der Waals surface area contributed by atoms with Gasteiger partial charge in [-0.05, 0) is 17.7 Å². The van der Waals surface area contributed by atoms with E-state index in [0.717, 1.165) is 5.56 Å². The van der Waals surface area contributed by atoms with Crippen LogP contribution in [-0.4, -0.2) is 12.9 Å². The zero-order chi connectivity index (χ0) is 13.8. The minimum atomic E-state index is -0.0637. The maximum absolute atomic E-state index is 12.2. The Labute approximate surface area is 121 Å². The third-order valence-corrected chi connectivity index (χ3v) is 3.36. The van der Waals surface area contributed by atoms with E-state index < -0.39 is 0 Å². The molecule has 0 spiro atoms. The summed E-state index contributed by atoms with van der Waals surface area (Å²) in [5, 5.41) is 0.732. The highest BCUT2D eigenvalue weighted by atomic mass is 35.5. The van der Waals surface area contributed by atoms with Gasteiger partial charge < -0.3 is 4.74 Å². The molecule has 0 aliphatic heterocycles. The fourth-order valence-corrected chi connectivity index (χ4v) is 2.34. The topological polar surface area (TPSA) is 26.3 Å². The second-order valence-electron chi connectivity index (χ2n) is 4.05. The number of carbonyl (C=O) groups excluding carboxylic acids is 1. The first-order chi connectivity index (χ1) is 9.11. The molecule has 0 saturated heterocycles. The molecule has 0 unspecified atom stereocenters. The van der Waals surface area contributed by atoms with Gasteiger partial charge in [-0.3, -0.25) is 4.79 Å². The summed E-state index contributed by atoms with van der Waals surface area (Å²) in [4.78, 5) is 12.2. The van der Waals surface area contributed by atoms with Crippen LogP contribution < -0.4 is 4.74 Å².